The van der Waals surface area contributed by atoms with Gasteiger partial charge in [0.1, 0.15) is 0 Å². The molecule has 0 heterocycles. The number of hydrogen-bond donors (Lipinski definition) is 1. The van der Waals surface area contributed by atoms with Gasteiger partial charge in [-0.1, -0.05) is 33.8 Å². The summed E-state index contributed by atoms with van der Waals surface area (Å²) in [4.78, 5) is 2.19. The largest absolute Gasteiger partial charge is 0.382 e. The first-order valence-electron chi connectivity index (χ1n) is 8.13. The van der Waals surface area contributed by atoms with E-state index >= 15 is 0 Å². The topological polar surface area (TPSA) is 15.3 Å². The summed E-state index contributed by atoms with van der Waals surface area (Å²) >= 11 is 0. The van der Waals surface area contributed by atoms with Gasteiger partial charge in [-0.25, -0.2) is 0 Å². The van der Waals surface area contributed by atoms with Gasteiger partial charge < -0.3 is 10.2 Å². The van der Waals surface area contributed by atoms with Crippen molar-refractivity contribution in [3.05, 3.63) is 23.8 Å². The lowest BCUT2D eigenvalue weighted by molar-refractivity contribution is 0.105. The standard InChI is InChI=1S/C19H32N2/c1-14-8-9-15(10-17(14)21(6)7)20-16-11-18(2,3)13-19(4,5)12-16/h8-10,16,20H,11-13H2,1-7H3. The molecule has 0 saturated heterocycles. The lowest BCUT2D eigenvalue weighted by Crippen LogP contribution is -2.40. The average Bonchev–Trinajstić information content (AvgIpc) is 2.27. The number of nitrogens with one attached hydrogen (secondary N) is 1. The van der Waals surface area contributed by atoms with Crippen molar-refractivity contribution in [3.8, 4) is 0 Å². The summed E-state index contributed by atoms with van der Waals surface area (Å²) in [6.45, 7) is 11.8. The van der Waals surface area contributed by atoms with Crippen LogP contribution in [0, 0.1) is 17.8 Å². The Morgan fingerprint density at radius 1 is 1.05 bits per heavy atom. The summed E-state index contributed by atoms with van der Waals surface area (Å²) in [5.74, 6) is 0. The van der Waals surface area contributed by atoms with Crippen LogP contribution < -0.4 is 10.2 Å². The zero-order valence-corrected chi connectivity index (χ0v) is 14.9. The molecule has 0 spiro atoms. The summed E-state index contributed by atoms with van der Waals surface area (Å²) in [5, 5.41) is 3.79. The highest BCUT2D eigenvalue weighted by molar-refractivity contribution is 5.62. The van der Waals surface area contributed by atoms with Crippen LogP contribution in [0.25, 0.3) is 0 Å². The Labute approximate surface area is 130 Å². The Morgan fingerprint density at radius 3 is 2.14 bits per heavy atom. The van der Waals surface area contributed by atoms with Crippen LogP contribution in [0.5, 0.6) is 0 Å². The number of rotatable bonds is 3. The van der Waals surface area contributed by atoms with Crippen LogP contribution in [0.2, 0.25) is 0 Å². The van der Waals surface area contributed by atoms with E-state index in [1.165, 1.54) is 36.2 Å². The maximum atomic E-state index is 3.79. The highest BCUT2D eigenvalue weighted by atomic mass is 15.1. The summed E-state index contributed by atoms with van der Waals surface area (Å²) in [7, 11) is 4.22. The lowest BCUT2D eigenvalue weighted by Gasteiger charge is -2.45. The molecule has 0 unspecified atom stereocenters. The van der Waals surface area contributed by atoms with Crippen LogP contribution in [-0.2, 0) is 0 Å². The van der Waals surface area contributed by atoms with Crippen molar-refractivity contribution in [3.63, 3.8) is 0 Å². The van der Waals surface area contributed by atoms with E-state index < -0.39 is 0 Å². The minimum atomic E-state index is 0.425. The molecule has 1 aromatic carbocycles. The van der Waals surface area contributed by atoms with Crippen molar-refractivity contribution in [2.24, 2.45) is 10.8 Å². The third-order valence-electron chi connectivity index (χ3n) is 4.62. The minimum absolute atomic E-state index is 0.425. The van der Waals surface area contributed by atoms with Crippen LogP contribution in [0.4, 0.5) is 11.4 Å². The molecule has 0 amide bonds. The fraction of sp³-hybridized carbons (Fsp3) is 0.684. The van der Waals surface area contributed by atoms with E-state index in [9.17, 15) is 0 Å². The Bertz CT molecular complexity index is 484. The first-order chi connectivity index (χ1) is 9.58. The number of aryl methyl sites for hydroxylation is 1. The van der Waals surface area contributed by atoms with Crippen molar-refractivity contribution < 1.29 is 0 Å². The molecule has 1 aromatic rings. The number of nitrogens with zero attached hydrogens (tertiary/aromatic N) is 1. The fourth-order valence-corrected chi connectivity index (χ4v) is 4.36. The first-order valence-corrected chi connectivity index (χ1v) is 8.13. The fourth-order valence-electron chi connectivity index (χ4n) is 4.36. The van der Waals surface area contributed by atoms with Gasteiger partial charge in [-0.3, -0.25) is 0 Å². The van der Waals surface area contributed by atoms with Crippen molar-refractivity contribution in [1.82, 2.24) is 0 Å². The van der Waals surface area contributed by atoms with Gasteiger partial charge in [0, 0.05) is 31.5 Å². The van der Waals surface area contributed by atoms with Gasteiger partial charge >= 0.3 is 0 Å². The monoisotopic (exact) mass is 288 g/mol. The van der Waals surface area contributed by atoms with E-state index in [-0.39, 0.29) is 0 Å². The Morgan fingerprint density at radius 2 is 1.62 bits per heavy atom. The van der Waals surface area contributed by atoms with Gasteiger partial charge in [0.2, 0.25) is 0 Å². The number of hydrogen-bond acceptors (Lipinski definition) is 2. The first kappa shape index (κ1) is 16.2. The minimum Gasteiger partial charge on any atom is -0.382 e. The smallest absolute Gasteiger partial charge is 0.0411 e. The molecule has 0 aromatic heterocycles. The summed E-state index contributed by atoms with van der Waals surface area (Å²) in [6, 6.07) is 7.29. The highest BCUT2D eigenvalue weighted by Gasteiger charge is 2.38. The van der Waals surface area contributed by atoms with Gasteiger partial charge in [-0.2, -0.15) is 0 Å². The van der Waals surface area contributed by atoms with Crippen molar-refractivity contribution in [1.29, 1.82) is 0 Å². The second kappa shape index (κ2) is 5.55. The van der Waals surface area contributed by atoms with E-state index in [1.54, 1.807) is 0 Å². The van der Waals surface area contributed by atoms with Crippen molar-refractivity contribution >= 4 is 11.4 Å². The molecule has 0 atom stereocenters. The van der Waals surface area contributed by atoms with Gasteiger partial charge in [0.15, 0.2) is 0 Å². The van der Waals surface area contributed by atoms with Crippen LogP contribution in [-0.4, -0.2) is 20.1 Å². The van der Waals surface area contributed by atoms with E-state index in [4.69, 9.17) is 0 Å². The molecular formula is C19H32N2. The van der Waals surface area contributed by atoms with Crippen LogP contribution in [0.1, 0.15) is 52.5 Å². The van der Waals surface area contributed by atoms with Crippen LogP contribution >= 0.6 is 0 Å². The number of anilines is 2. The van der Waals surface area contributed by atoms with E-state index in [2.05, 4.69) is 77.1 Å². The van der Waals surface area contributed by atoms with Gasteiger partial charge in [-0.15, -0.1) is 0 Å². The van der Waals surface area contributed by atoms with E-state index in [0.717, 1.165) is 0 Å². The predicted molar refractivity (Wildman–Crippen MR) is 94.3 cm³/mol. The predicted octanol–water partition coefficient (Wildman–Crippen LogP) is 5.08. The molecule has 1 saturated carbocycles. The van der Waals surface area contributed by atoms with Crippen molar-refractivity contribution in [2.45, 2.75) is 59.9 Å². The molecular weight excluding hydrogens is 256 g/mol. The summed E-state index contributed by atoms with van der Waals surface area (Å²) in [5.41, 5.74) is 4.73. The quantitative estimate of drug-likeness (QED) is 0.834. The molecule has 1 aliphatic carbocycles. The molecule has 1 fully saturated rings. The Hall–Kier alpha value is -1.18. The summed E-state index contributed by atoms with van der Waals surface area (Å²) in [6.07, 6.45) is 3.82. The van der Waals surface area contributed by atoms with Gasteiger partial charge in [-0.05, 0) is 54.7 Å². The summed E-state index contributed by atoms with van der Waals surface area (Å²) < 4.78 is 0. The molecule has 21 heavy (non-hydrogen) atoms. The second-order valence-electron chi connectivity index (χ2n) is 8.65. The highest BCUT2D eigenvalue weighted by Crippen LogP contribution is 2.46. The molecule has 0 aliphatic heterocycles. The van der Waals surface area contributed by atoms with E-state index in [1.807, 2.05) is 0 Å². The molecule has 1 aliphatic rings. The van der Waals surface area contributed by atoms with Crippen molar-refractivity contribution in [2.75, 3.05) is 24.3 Å². The Kier molecular flexibility index (Phi) is 4.28. The second-order valence-corrected chi connectivity index (χ2v) is 8.65. The molecule has 2 rings (SSSR count). The van der Waals surface area contributed by atoms with Crippen LogP contribution in [0.3, 0.4) is 0 Å². The maximum absolute atomic E-state index is 3.79. The van der Waals surface area contributed by atoms with Gasteiger partial charge in [0.05, 0.1) is 0 Å². The third-order valence-corrected chi connectivity index (χ3v) is 4.62. The normalized spacial score (nSPS) is 21.1. The van der Waals surface area contributed by atoms with E-state index in [0.29, 0.717) is 16.9 Å². The van der Waals surface area contributed by atoms with Crippen LogP contribution in [0.15, 0.2) is 18.2 Å². The average molecular weight is 288 g/mol. The Balaban J connectivity index is 2.16. The van der Waals surface area contributed by atoms with Gasteiger partial charge in [0.25, 0.3) is 0 Å². The third kappa shape index (κ3) is 4.15. The molecule has 2 nitrogen and oxygen atoms in total. The SMILES string of the molecule is Cc1ccc(NC2CC(C)(C)CC(C)(C)C2)cc1N(C)C. The lowest BCUT2D eigenvalue weighted by atomic mass is 9.63. The zero-order chi connectivity index (χ0) is 15.8. The molecule has 118 valence electrons. The molecule has 0 bridgehead atoms. The number of benzene rings is 1. The zero-order valence-electron chi connectivity index (χ0n) is 14.9. The maximum Gasteiger partial charge on any atom is 0.0411 e. The molecule has 2 heteroatoms. The molecule has 0 radical (unpaired) electrons. The molecule has 1 N–H and O–H groups in total.